The number of hydrogen-bond acceptors (Lipinski definition) is 6. The smallest absolute Gasteiger partial charge is 0.265 e. The minimum Gasteiger partial charge on any atom is -0.482 e. The number of rotatable bonds is 5. The SMILES string of the molecule is C[C@@H](c1nnc(SCC(=O)N2CCc3cc(Br)ccc32)n1C)N1C(=O)COc2ccccc21. The molecule has 2 aliphatic heterocycles. The van der Waals surface area contributed by atoms with E-state index in [-0.39, 0.29) is 30.2 Å². The van der Waals surface area contributed by atoms with E-state index in [9.17, 15) is 9.59 Å². The fourth-order valence-electron chi connectivity index (χ4n) is 4.31. The molecule has 0 spiro atoms. The van der Waals surface area contributed by atoms with E-state index in [0.717, 1.165) is 16.6 Å². The zero-order valence-corrected chi connectivity index (χ0v) is 20.6. The van der Waals surface area contributed by atoms with Gasteiger partial charge in [0.2, 0.25) is 5.91 Å². The van der Waals surface area contributed by atoms with Gasteiger partial charge in [-0.25, -0.2) is 0 Å². The highest BCUT2D eigenvalue weighted by Crippen LogP contribution is 2.37. The highest BCUT2D eigenvalue weighted by Gasteiger charge is 2.33. The maximum absolute atomic E-state index is 12.9. The minimum absolute atomic E-state index is 0.0107. The van der Waals surface area contributed by atoms with Gasteiger partial charge in [-0.15, -0.1) is 10.2 Å². The first-order valence-corrected chi connectivity index (χ1v) is 12.4. The minimum atomic E-state index is -0.339. The first-order chi connectivity index (χ1) is 15.9. The van der Waals surface area contributed by atoms with Crippen molar-refractivity contribution in [1.29, 1.82) is 0 Å². The van der Waals surface area contributed by atoms with Crippen LogP contribution in [-0.2, 0) is 23.1 Å². The molecule has 0 fully saturated rings. The molecule has 2 amide bonds. The molecule has 0 aliphatic carbocycles. The molecule has 2 aliphatic rings. The lowest BCUT2D eigenvalue weighted by Crippen LogP contribution is -2.41. The van der Waals surface area contributed by atoms with Gasteiger partial charge in [-0.2, -0.15) is 0 Å². The van der Waals surface area contributed by atoms with Crippen molar-refractivity contribution in [2.75, 3.05) is 28.7 Å². The Labute approximate surface area is 204 Å². The maximum atomic E-state index is 12.9. The first kappa shape index (κ1) is 22.0. The number of para-hydroxylation sites is 2. The highest BCUT2D eigenvalue weighted by atomic mass is 79.9. The number of nitrogens with zero attached hydrogens (tertiary/aromatic N) is 5. The zero-order valence-electron chi connectivity index (χ0n) is 18.2. The van der Waals surface area contributed by atoms with E-state index in [0.29, 0.717) is 29.0 Å². The topological polar surface area (TPSA) is 80.6 Å². The molecule has 0 saturated heterocycles. The molecule has 1 atom stereocenters. The first-order valence-electron chi connectivity index (χ1n) is 10.6. The number of aromatic nitrogens is 3. The fraction of sp³-hybridized carbons (Fsp3) is 0.304. The Hall–Kier alpha value is -2.85. The Morgan fingerprint density at radius 3 is 2.88 bits per heavy atom. The highest BCUT2D eigenvalue weighted by molar-refractivity contribution is 9.10. The Balaban J connectivity index is 1.30. The van der Waals surface area contributed by atoms with E-state index < -0.39 is 0 Å². The zero-order chi connectivity index (χ0) is 23.1. The summed E-state index contributed by atoms with van der Waals surface area (Å²) in [6.07, 6.45) is 0.853. The predicted octanol–water partition coefficient (Wildman–Crippen LogP) is 3.75. The van der Waals surface area contributed by atoms with Crippen LogP contribution >= 0.6 is 27.7 Å². The number of hydrogen-bond donors (Lipinski definition) is 0. The van der Waals surface area contributed by atoms with Crippen LogP contribution in [0.2, 0.25) is 0 Å². The van der Waals surface area contributed by atoms with Crippen molar-refractivity contribution in [3.05, 3.63) is 58.3 Å². The third kappa shape index (κ3) is 4.02. The summed E-state index contributed by atoms with van der Waals surface area (Å²) in [6.45, 7) is 2.59. The number of ether oxygens (including phenoxy) is 1. The molecule has 0 radical (unpaired) electrons. The molecule has 0 unspecified atom stereocenters. The predicted molar refractivity (Wildman–Crippen MR) is 130 cm³/mol. The molecular weight excluding hydrogens is 506 g/mol. The normalized spacial score (nSPS) is 15.8. The molecule has 0 bridgehead atoms. The number of thioether (sulfide) groups is 1. The Morgan fingerprint density at radius 1 is 1.21 bits per heavy atom. The molecule has 3 heterocycles. The Kier molecular flexibility index (Phi) is 5.88. The van der Waals surface area contributed by atoms with E-state index >= 15 is 0 Å². The molecular formula is C23H22BrN5O3S. The second-order valence-corrected chi connectivity index (χ2v) is 9.81. The molecule has 10 heteroatoms. The van der Waals surface area contributed by atoms with Crippen LogP contribution in [0, 0.1) is 0 Å². The van der Waals surface area contributed by atoms with Gasteiger partial charge in [-0.1, -0.05) is 39.8 Å². The van der Waals surface area contributed by atoms with E-state index in [1.807, 2.05) is 59.8 Å². The monoisotopic (exact) mass is 527 g/mol. The van der Waals surface area contributed by atoms with Gasteiger partial charge in [-0.3, -0.25) is 14.5 Å². The summed E-state index contributed by atoms with van der Waals surface area (Å²) in [6, 6.07) is 13.1. The molecule has 3 aromatic rings. The summed E-state index contributed by atoms with van der Waals surface area (Å²) in [5, 5.41) is 9.28. The quantitative estimate of drug-likeness (QED) is 0.470. The molecule has 5 rings (SSSR count). The van der Waals surface area contributed by atoms with Gasteiger partial charge in [0, 0.05) is 23.8 Å². The number of carbonyl (C=O) groups is 2. The lowest BCUT2D eigenvalue weighted by Gasteiger charge is -2.33. The second-order valence-electron chi connectivity index (χ2n) is 7.95. The van der Waals surface area contributed by atoms with E-state index in [4.69, 9.17) is 4.74 Å². The second kappa shape index (κ2) is 8.83. The average molecular weight is 528 g/mol. The average Bonchev–Trinajstić information content (AvgIpc) is 3.40. The lowest BCUT2D eigenvalue weighted by atomic mass is 10.1. The third-order valence-corrected chi connectivity index (χ3v) is 7.44. The van der Waals surface area contributed by atoms with Crippen LogP contribution in [-0.4, -0.2) is 45.5 Å². The summed E-state index contributed by atoms with van der Waals surface area (Å²) < 4.78 is 8.42. The summed E-state index contributed by atoms with van der Waals surface area (Å²) in [5.74, 6) is 1.48. The van der Waals surface area contributed by atoms with Gasteiger partial charge in [0.15, 0.2) is 17.6 Å². The molecule has 2 aromatic carbocycles. The third-order valence-electron chi connectivity index (χ3n) is 5.94. The van der Waals surface area contributed by atoms with Gasteiger partial charge >= 0.3 is 0 Å². The standard InChI is InChI=1S/C23H22BrN5O3S/c1-14(29-18-5-3-4-6-19(18)32-12-20(29)30)22-25-26-23(27(22)2)33-13-21(31)28-10-9-15-11-16(24)7-8-17(15)28/h3-8,11,14H,9-10,12-13H2,1-2H3/t14-/m0/s1. The van der Waals surface area contributed by atoms with Crippen LogP contribution in [0.4, 0.5) is 11.4 Å². The van der Waals surface area contributed by atoms with Crippen LogP contribution in [0.1, 0.15) is 24.4 Å². The summed E-state index contributed by atoms with van der Waals surface area (Å²) in [4.78, 5) is 29.1. The number of amides is 2. The van der Waals surface area contributed by atoms with Crippen molar-refractivity contribution in [2.24, 2.45) is 7.05 Å². The fourth-order valence-corrected chi connectivity index (χ4v) is 5.51. The molecule has 1 aromatic heterocycles. The van der Waals surface area contributed by atoms with Crippen molar-refractivity contribution in [3.8, 4) is 5.75 Å². The van der Waals surface area contributed by atoms with E-state index in [1.54, 1.807) is 4.90 Å². The number of halogens is 1. The van der Waals surface area contributed by atoms with Gasteiger partial charge in [0.25, 0.3) is 5.91 Å². The lowest BCUT2D eigenvalue weighted by molar-refractivity contribution is -0.121. The van der Waals surface area contributed by atoms with Crippen molar-refractivity contribution in [3.63, 3.8) is 0 Å². The summed E-state index contributed by atoms with van der Waals surface area (Å²) in [7, 11) is 1.86. The van der Waals surface area contributed by atoms with Crippen molar-refractivity contribution < 1.29 is 14.3 Å². The van der Waals surface area contributed by atoms with Gasteiger partial charge in [-0.05, 0) is 49.2 Å². The van der Waals surface area contributed by atoms with Crippen LogP contribution in [0.5, 0.6) is 5.75 Å². The van der Waals surface area contributed by atoms with Crippen molar-refractivity contribution in [1.82, 2.24) is 14.8 Å². The number of anilines is 2. The van der Waals surface area contributed by atoms with Crippen LogP contribution in [0.3, 0.4) is 0 Å². The summed E-state index contributed by atoms with van der Waals surface area (Å²) >= 11 is 4.84. The van der Waals surface area contributed by atoms with E-state index in [2.05, 4.69) is 32.2 Å². The van der Waals surface area contributed by atoms with Crippen LogP contribution < -0.4 is 14.5 Å². The molecule has 8 nitrogen and oxygen atoms in total. The summed E-state index contributed by atoms with van der Waals surface area (Å²) in [5.41, 5.74) is 2.86. The molecule has 170 valence electrons. The number of fused-ring (bicyclic) bond motifs is 2. The number of benzene rings is 2. The molecule has 0 N–H and O–H groups in total. The Morgan fingerprint density at radius 2 is 2.03 bits per heavy atom. The van der Waals surface area contributed by atoms with Crippen molar-refractivity contribution >= 4 is 50.9 Å². The van der Waals surface area contributed by atoms with Crippen LogP contribution in [0.15, 0.2) is 52.1 Å². The number of carbonyl (C=O) groups excluding carboxylic acids is 2. The van der Waals surface area contributed by atoms with Gasteiger partial charge in [0.05, 0.1) is 17.5 Å². The van der Waals surface area contributed by atoms with Gasteiger partial charge < -0.3 is 14.2 Å². The van der Waals surface area contributed by atoms with Crippen molar-refractivity contribution in [2.45, 2.75) is 24.5 Å². The van der Waals surface area contributed by atoms with E-state index in [1.165, 1.54) is 17.3 Å². The molecule has 0 saturated carbocycles. The Bertz CT molecular complexity index is 1250. The maximum Gasteiger partial charge on any atom is 0.265 e. The van der Waals surface area contributed by atoms with Crippen LogP contribution in [0.25, 0.3) is 0 Å². The molecule has 33 heavy (non-hydrogen) atoms. The largest absolute Gasteiger partial charge is 0.482 e. The van der Waals surface area contributed by atoms with Gasteiger partial charge in [0.1, 0.15) is 5.75 Å².